The lowest BCUT2D eigenvalue weighted by molar-refractivity contribution is -0.136. The molecule has 1 aliphatic heterocycles. The van der Waals surface area contributed by atoms with Gasteiger partial charge in [0.15, 0.2) is 0 Å². The van der Waals surface area contributed by atoms with E-state index in [1.807, 2.05) is 0 Å². The van der Waals surface area contributed by atoms with Gasteiger partial charge in [-0.2, -0.15) is 0 Å². The van der Waals surface area contributed by atoms with Crippen molar-refractivity contribution in [3.05, 3.63) is 30.3 Å². The second kappa shape index (κ2) is 6.70. The smallest absolute Gasteiger partial charge is 0.324 e. The van der Waals surface area contributed by atoms with E-state index in [-0.39, 0.29) is 25.4 Å². The molecule has 2 N–H and O–H groups in total. The molecule has 22 heavy (non-hydrogen) atoms. The third-order valence-corrected chi connectivity index (χ3v) is 3.13. The number of carboxylic acids is 1. The van der Waals surface area contributed by atoms with Crippen molar-refractivity contribution < 1.29 is 24.3 Å². The Labute approximate surface area is 126 Å². The Morgan fingerprint density at radius 3 is 2.50 bits per heavy atom. The van der Waals surface area contributed by atoms with Crippen LogP contribution in [0.4, 0.5) is 10.5 Å². The Kier molecular flexibility index (Phi) is 4.72. The number of rotatable bonds is 5. The normalized spacial score (nSPS) is 14.5. The van der Waals surface area contributed by atoms with Crippen LogP contribution >= 0.6 is 0 Å². The van der Waals surface area contributed by atoms with Crippen molar-refractivity contribution in [3.63, 3.8) is 0 Å². The fourth-order valence-corrected chi connectivity index (χ4v) is 2.07. The molecule has 0 bridgehead atoms. The Morgan fingerprint density at radius 2 is 1.91 bits per heavy atom. The van der Waals surface area contributed by atoms with Gasteiger partial charge in [0, 0.05) is 18.7 Å². The van der Waals surface area contributed by atoms with Gasteiger partial charge in [0.1, 0.15) is 13.1 Å². The first kappa shape index (κ1) is 15.5. The highest BCUT2D eigenvalue weighted by molar-refractivity contribution is 6.02. The van der Waals surface area contributed by atoms with Crippen molar-refractivity contribution >= 4 is 29.5 Å². The van der Waals surface area contributed by atoms with Crippen LogP contribution < -0.4 is 10.2 Å². The van der Waals surface area contributed by atoms with Crippen LogP contribution in [0.15, 0.2) is 30.3 Å². The summed E-state index contributed by atoms with van der Waals surface area (Å²) in [6.45, 7) is -0.662. The van der Waals surface area contributed by atoms with Crippen LogP contribution in [0.1, 0.15) is 6.42 Å². The van der Waals surface area contributed by atoms with Crippen LogP contribution in [0.25, 0.3) is 0 Å². The third kappa shape index (κ3) is 3.81. The molecule has 1 aromatic carbocycles. The molecule has 116 valence electrons. The average Bonchev–Trinajstić information content (AvgIpc) is 2.48. The quantitative estimate of drug-likeness (QED) is 0.799. The molecule has 0 radical (unpaired) electrons. The summed E-state index contributed by atoms with van der Waals surface area (Å²) < 4.78 is 0. The van der Waals surface area contributed by atoms with Gasteiger partial charge in [-0.15, -0.1) is 0 Å². The molecule has 2 rings (SSSR count). The molecule has 0 aromatic heterocycles. The fraction of sp³-hybridized carbons (Fsp3) is 0.286. The van der Waals surface area contributed by atoms with E-state index >= 15 is 0 Å². The summed E-state index contributed by atoms with van der Waals surface area (Å²) >= 11 is 0. The van der Waals surface area contributed by atoms with Gasteiger partial charge in [0.05, 0.1) is 0 Å². The topological polar surface area (TPSA) is 107 Å². The van der Waals surface area contributed by atoms with Crippen molar-refractivity contribution in [2.75, 3.05) is 24.5 Å². The van der Waals surface area contributed by atoms with Crippen molar-refractivity contribution in [1.82, 2.24) is 10.2 Å². The van der Waals surface area contributed by atoms with Crippen molar-refractivity contribution in [2.24, 2.45) is 0 Å². The number of para-hydroxylation sites is 1. The molecule has 8 heteroatoms. The molecule has 1 fully saturated rings. The van der Waals surface area contributed by atoms with Crippen LogP contribution in [0.3, 0.4) is 0 Å². The van der Waals surface area contributed by atoms with Crippen LogP contribution in [0.5, 0.6) is 0 Å². The summed E-state index contributed by atoms with van der Waals surface area (Å²) in [5, 5.41) is 11.1. The van der Waals surface area contributed by atoms with Crippen molar-refractivity contribution in [1.29, 1.82) is 0 Å². The van der Waals surface area contributed by atoms with Crippen LogP contribution in [0, 0.1) is 0 Å². The number of urea groups is 1. The summed E-state index contributed by atoms with van der Waals surface area (Å²) in [7, 11) is 0. The number of carbonyl (C=O) groups excluding carboxylic acids is 3. The van der Waals surface area contributed by atoms with E-state index in [2.05, 4.69) is 5.32 Å². The Morgan fingerprint density at radius 1 is 1.23 bits per heavy atom. The van der Waals surface area contributed by atoms with Gasteiger partial charge in [0.25, 0.3) is 0 Å². The molecule has 0 aliphatic carbocycles. The molecular weight excluding hydrogens is 290 g/mol. The molecule has 4 amide bonds. The van der Waals surface area contributed by atoms with Gasteiger partial charge in [-0.1, -0.05) is 18.2 Å². The van der Waals surface area contributed by atoms with E-state index in [1.54, 1.807) is 30.3 Å². The number of aliphatic carboxylic acids is 1. The molecule has 0 saturated carbocycles. The van der Waals surface area contributed by atoms with E-state index < -0.39 is 24.5 Å². The number of nitrogens with zero attached hydrogens (tertiary/aromatic N) is 2. The number of benzene rings is 1. The van der Waals surface area contributed by atoms with Crippen molar-refractivity contribution in [3.8, 4) is 0 Å². The predicted molar refractivity (Wildman–Crippen MR) is 76.2 cm³/mol. The molecule has 1 heterocycles. The molecular formula is C14H15N3O5. The van der Waals surface area contributed by atoms with Crippen molar-refractivity contribution in [2.45, 2.75) is 6.42 Å². The lowest BCUT2D eigenvalue weighted by Gasteiger charge is -2.28. The monoisotopic (exact) mass is 305 g/mol. The zero-order valence-electron chi connectivity index (χ0n) is 11.7. The first-order valence-electron chi connectivity index (χ1n) is 6.63. The second-order valence-corrected chi connectivity index (χ2v) is 4.73. The molecule has 0 spiro atoms. The average molecular weight is 305 g/mol. The molecule has 1 aliphatic rings. The lowest BCUT2D eigenvalue weighted by atomic mass is 10.2. The number of hydrogen-bond acceptors (Lipinski definition) is 4. The maximum Gasteiger partial charge on any atom is 0.324 e. The highest BCUT2D eigenvalue weighted by atomic mass is 16.4. The Balaban J connectivity index is 2.11. The van der Waals surface area contributed by atoms with Gasteiger partial charge in [-0.3, -0.25) is 24.6 Å². The summed E-state index contributed by atoms with van der Waals surface area (Å²) in [5.41, 5.74) is 0.434. The van der Waals surface area contributed by atoms with Crippen LogP contribution in [-0.2, 0) is 14.4 Å². The Bertz CT molecular complexity index is 602. The molecule has 0 atom stereocenters. The SMILES string of the molecule is O=C(O)CN(C(=O)CN1CCC(=O)NC1=O)c1ccccc1. The maximum absolute atomic E-state index is 12.3. The minimum Gasteiger partial charge on any atom is -0.480 e. The Hall–Kier alpha value is -2.90. The molecule has 1 saturated heterocycles. The highest BCUT2D eigenvalue weighted by Gasteiger charge is 2.27. The summed E-state index contributed by atoms with van der Waals surface area (Å²) in [4.78, 5) is 48.3. The summed E-state index contributed by atoms with van der Waals surface area (Å²) in [6, 6.07) is 7.69. The predicted octanol–water partition coefficient (Wildman–Crippen LogP) is 0.0461. The summed E-state index contributed by atoms with van der Waals surface area (Å²) in [6.07, 6.45) is 0.114. The standard InChI is InChI=1S/C14H15N3O5/c18-11-6-7-16(14(22)15-11)8-12(19)17(9-13(20)21)10-4-2-1-3-5-10/h1-5H,6-9H2,(H,20,21)(H,15,18,22). The summed E-state index contributed by atoms with van der Waals surface area (Å²) in [5.74, 6) is -2.08. The number of carbonyl (C=O) groups is 4. The number of imide groups is 1. The van der Waals surface area contributed by atoms with Crippen LogP contribution in [-0.4, -0.2) is 53.5 Å². The fourth-order valence-electron chi connectivity index (χ4n) is 2.07. The first-order valence-corrected chi connectivity index (χ1v) is 6.63. The zero-order valence-corrected chi connectivity index (χ0v) is 11.7. The number of nitrogens with one attached hydrogen (secondary N) is 1. The van der Waals surface area contributed by atoms with Gasteiger partial charge >= 0.3 is 12.0 Å². The lowest BCUT2D eigenvalue weighted by Crippen LogP contribution is -2.53. The van der Waals surface area contributed by atoms with Crippen LogP contribution in [0.2, 0.25) is 0 Å². The van der Waals surface area contributed by atoms with E-state index in [1.165, 1.54) is 4.90 Å². The maximum atomic E-state index is 12.3. The number of hydrogen-bond donors (Lipinski definition) is 2. The highest BCUT2D eigenvalue weighted by Crippen LogP contribution is 2.14. The van der Waals surface area contributed by atoms with Gasteiger partial charge in [-0.05, 0) is 12.1 Å². The molecule has 1 aromatic rings. The number of amides is 4. The minimum absolute atomic E-state index is 0.114. The molecule has 0 unspecified atom stereocenters. The zero-order chi connectivity index (χ0) is 16.1. The second-order valence-electron chi connectivity index (χ2n) is 4.73. The van der Waals surface area contributed by atoms with Gasteiger partial charge in [0.2, 0.25) is 11.8 Å². The third-order valence-electron chi connectivity index (χ3n) is 3.13. The number of anilines is 1. The molecule has 8 nitrogen and oxygen atoms in total. The van der Waals surface area contributed by atoms with E-state index in [0.717, 1.165) is 4.90 Å². The van der Waals surface area contributed by atoms with E-state index in [4.69, 9.17) is 5.11 Å². The van der Waals surface area contributed by atoms with E-state index in [0.29, 0.717) is 5.69 Å². The minimum atomic E-state index is -1.16. The first-order chi connectivity index (χ1) is 10.5. The number of carboxylic acid groups (broad SMARTS) is 1. The van der Waals surface area contributed by atoms with Gasteiger partial charge < -0.3 is 10.0 Å². The largest absolute Gasteiger partial charge is 0.480 e. The van der Waals surface area contributed by atoms with E-state index in [9.17, 15) is 19.2 Å². The van der Waals surface area contributed by atoms with Gasteiger partial charge in [-0.25, -0.2) is 4.79 Å².